The van der Waals surface area contributed by atoms with Gasteiger partial charge in [0.15, 0.2) is 0 Å². The van der Waals surface area contributed by atoms with Crippen LogP contribution in [0.25, 0.3) is 10.9 Å². The van der Waals surface area contributed by atoms with Crippen molar-refractivity contribution in [1.82, 2.24) is 24.3 Å². The number of aliphatic hydroxyl groups excluding tert-OH is 1. The molecule has 4 aromatic rings. The first-order valence-corrected chi connectivity index (χ1v) is 11.6. The number of H-pyrrole nitrogens is 1. The highest BCUT2D eigenvalue weighted by molar-refractivity contribution is 7.89. The maximum absolute atomic E-state index is 13.2. The molecular formula is C22H21N5O4S. The zero-order chi connectivity index (χ0) is 22.5. The number of fused-ring (bicyclic) bond motifs is 2. The van der Waals surface area contributed by atoms with Crippen molar-refractivity contribution in [3.63, 3.8) is 0 Å². The van der Waals surface area contributed by atoms with E-state index in [4.69, 9.17) is 0 Å². The van der Waals surface area contributed by atoms with E-state index in [2.05, 4.69) is 15.3 Å². The molecule has 2 aromatic carbocycles. The van der Waals surface area contributed by atoms with Crippen LogP contribution in [0, 0.1) is 0 Å². The van der Waals surface area contributed by atoms with Crippen molar-refractivity contribution >= 4 is 26.8 Å². The first kappa shape index (κ1) is 20.4. The van der Waals surface area contributed by atoms with E-state index in [1.807, 2.05) is 30.3 Å². The lowest BCUT2D eigenvalue weighted by atomic mass is 9.93. The molecule has 3 heterocycles. The topological polar surface area (TPSA) is 121 Å². The highest BCUT2D eigenvalue weighted by Crippen LogP contribution is 2.29. The zero-order valence-corrected chi connectivity index (χ0v) is 18.0. The largest absolute Gasteiger partial charge is 0.392 e. The van der Waals surface area contributed by atoms with Gasteiger partial charge in [0.25, 0.3) is 10.0 Å². The monoisotopic (exact) mass is 451 g/mol. The molecule has 9 nitrogen and oxygen atoms in total. The fraction of sp³-hybridized carbons (Fsp3) is 0.227. The Morgan fingerprint density at radius 1 is 1.16 bits per heavy atom. The summed E-state index contributed by atoms with van der Waals surface area (Å²) in [7, 11) is -3.88. The van der Waals surface area contributed by atoms with Crippen LogP contribution in [0.5, 0.6) is 0 Å². The molecule has 0 bridgehead atoms. The molecule has 32 heavy (non-hydrogen) atoms. The Morgan fingerprint density at radius 3 is 2.66 bits per heavy atom. The second kappa shape index (κ2) is 7.57. The lowest BCUT2D eigenvalue weighted by Gasteiger charge is -2.25. The van der Waals surface area contributed by atoms with Crippen LogP contribution < -0.4 is 0 Å². The molecule has 2 aromatic heterocycles. The van der Waals surface area contributed by atoms with Crippen LogP contribution in [0.15, 0.2) is 65.8 Å². The minimum atomic E-state index is -3.88. The lowest BCUT2D eigenvalue weighted by Crippen LogP contribution is -2.36. The lowest BCUT2D eigenvalue weighted by molar-refractivity contribution is -0.135. The van der Waals surface area contributed by atoms with Gasteiger partial charge in [-0.05, 0) is 30.7 Å². The minimum absolute atomic E-state index is 0.0987. The molecular weight excluding hydrogens is 430 g/mol. The quantitative estimate of drug-likeness (QED) is 0.479. The number of rotatable bonds is 5. The third-order valence-electron chi connectivity index (χ3n) is 5.73. The molecule has 1 aliphatic rings. The number of aliphatic hydroxyl groups is 1. The van der Waals surface area contributed by atoms with Gasteiger partial charge in [-0.2, -0.15) is 22.7 Å². The first-order valence-electron chi connectivity index (χ1n) is 10.1. The SMILES string of the molecule is CC(O)C(C(=O)N1Cc2cn(S(=O)(=O)c3ccc4cn[nH]c4c3)nc2C1)c1ccccc1. The average molecular weight is 452 g/mol. The minimum Gasteiger partial charge on any atom is -0.392 e. The molecule has 2 atom stereocenters. The molecule has 0 aliphatic carbocycles. The predicted molar refractivity (Wildman–Crippen MR) is 116 cm³/mol. The van der Waals surface area contributed by atoms with Gasteiger partial charge in [-0.15, -0.1) is 0 Å². The van der Waals surface area contributed by atoms with Crippen LogP contribution >= 0.6 is 0 Å². The smallest absolute Gasteiger partial charge is 0.283 e. The van der Waals surface area contributed by atoms with Crippen LogP contribution in [-0.2, 0) is 27.9 Å². The maximum Gasteiger partial charge on any atom is 0.283 e. The molecule has 0 spiro atoms. The van der Waals surface area contributed by atoms with Gasteiger partial charge >= 0.3 is 0 Å². The van der Waals surface area contributed by atoms with E-state index < -0.39 is 22.0 Å². The molecule has 2 unspecified atom stereocenters. The second-order valence-corrected chi connectivity index (χ2v) is 9.72. The number of carbonyl (C=O) groups is 1. The number of amides is 1. The van der Waals surface area contributed by atoms with Gasteiger partial charge in [0.1, 0.15) is 0 Å². The number of aromatic amines is 1. The van der Waals surface area contributed by atoms with E-state index in [0.717, 1.165) is 15.0 Å². The highest BCUT2D eigenvalue weighted by atomic mass is 32.2. The third kappa shape index (κ3) is 3.37. The van der Waals surface area contributed by atoms with Gasteiger partial charge in [0, 0.05) is 23.7 Å². The van der Waals surface area contributed by atoms with Gasteiger partial charge in [-0.1, -0.05) is 30.3 Å². The number of benzene rings is 2. The Labute approximate surface area is 184 Å². The van der Waals surface area contributed by atoms with Gasteiger partial charge in [-0.25, -0.2) is 0 Å². The van der Waals surface area contributed by atoms with Gasteiger partial charge in [-0.3, -0.25) is 9.89 Å². The Bertz CT molecular complexity index is 1390. The highest BCUT2D eigenvalue weighted by Gasteiger charge is 2.35. The molecule has 164 valence electrons. The molecule has 5 rings (SSSR count). The number of carbonyl (C=O) groups excluding carboxylic acids is 1. The van der Waals surface area contributed by atoms with Crippen LogP contribution in [0.1, 0.15) is 29.7 Å². The maximum atomic E-state index is 13.2. The standard InChI is InChI=1S/C22H21N5O4S/c1-14(28)21(15-5-3-2-4-6-15)22(29)26-11-17-12-27(25-20(17)13-26)32(30,31)18-8-7-16-10-23-24-19(16)9-18/h2-10,12,14,21,28H,11,13H2,1H3,(H,23,24). The normalized spacial score (nSPS) is 15.6. The third-order valence-corrected chi connectivity index (χ3v) is 7.26. The summed E-state index contributed by atoms with van der Waals surface area (Å²) in [5.74, 6) is -0.916. The van der Waals surface area contributed by atoms with Crippen molar-refractivity contribution in [2.24, 2.45) is 0 Å². The molecule has 1 amide bonds. The Hall–Kier alpha value is -3.50. The fourth-order valence-electron chi connectivity index (χ4n) is 4.08. The zero-order valence-electron chi connectivity index (χ0n) is 17.2. The molecule has 10 heteroatoms. The first-order chi connectivity index (χ1) is 15.3. The van der Waals surface area contributed by atoms with Crippen LogP contribution in [0.2, 0.25) is 0 Å². The van der Waals surface area contributed by atoms with Crippen LogP contribution in [-0.4, -0.2) is 49.8 Å². The summed E-state index contributed by atoms with van der Waals surface area (Å²) >= 11 is 0. The van der Waals surface area contributed by atoms with Crippen molar-refractivity contribution in [3.8, 4) is 0 Å². The van der Waals surface area contributed by atoms with E-state index in [1.54, 1.807) is 24.1 Å². The molecule has 0 saturated heterocycles. The number of hydrogen-bond acceptors (Lipinski definition) is 6. The van der Waals surface area contributed by atoms with Crippen molar-refractivity contribution in [2.45, 2.75) is 36.9 Å². The summed E-state index contributed by atoms with van der Waals surface area (Å²) in [6.07, 6.45) is 2.21. The molecule has 2 N–H and O–H groups in total. The Morgan fingerprint density at radius 2 is 1.94 bits per heavy atom. The van der Waals surface area contributed by atoms with Gasteiger partial charge in [0.2, 0.25) is 5.91 Å². The van der Waals surface area contributed by atoms with Crippen molar-refractivity contribution < 1.29 is 18.3 Å². The summed E-state index contributed by atoms with van der Waals surface area (Å²) in [5, 5.41) is 22.0. The number of aromatic nitrogens is 4. The summed E-state index contributed by atoms with van der Waals surface area (Å²) < 4.78 is 27.1. The average Bonchev–Trinajstić information content (AvgIpc) is 3.48. The van der Waals surface area contributed by atoms with E-state index >= 15 is 0 Å². The van der Waals surface area contributed by atoms with E-state index in [1.165, 1.54) is 18.3 Å². The number of nitrogens with one attached hydrogen (secondary N) is 1. The van der Waals surface area contributed by atoms with E-state index in [0.29, 0.717) is 16.8 Å². The summed E-state index contributed by atoms with van der Waals surface area (Å²) in [4.78, 5) is 14.9. The van der Waals surface area contributed by atoms with Crippen molar-refractivity contribution in [3.05, 3.63) is 77.7 Å². The van der Waals surface area contributed by atoms with Crippen molar-refractivity contribution in [2.75, 3.05) is 0 Å². The number of nitrogens with zero attached hydrogens (tertiary/aromatic N) is 4. The Balaban J connectivity index is 1.39. The summed E-state index contributed by atoms with van der Waals surface area (Å²) in [6, 6.07) is 13.9. The second-order valence-electron chi connectivity index (χ2n) is 7.92. The van der Waals surface area contributed by atoms with Crippen molar-refractivity contribution in [1.29, 1.82) is 0 Å². The van der Waals surface area contributed by atoms with Crippen LogP contribution in [0.4, 0.5) is 0 Å². The summed E-state index contributed by atoms with van der Waals surface area (Å²) in [5.41, 5.74) is 2.55. The molecule has 1 aliphatic heterocycles. The van der Waals surface area contributed by atoms with Gasteiger partial charge < -0.3 is 10.0 Å². The molecule has 0 radical (unpaired) electrons. The van der Waals surface area contributed by atoms with Gasteiger partial charge in [0.05, 0.1) is 40.9 Å². The summed E-state index contributed by atoms with van der Waals surface area (Å²) in [6.45, 7) is 2.01. The van der Waals surface area contributed by atoms with E-state index in [-0.39, 0.29) is 23.9 Å². The Kier molecular flexibility index (Phi) is 4.83. The molecule has 0 saturated carbocycles. The van der Waals surface area contributed by atoms with E-state index in [9.17, 15) is 18.3 Å². The molecule has 0 fully saturated rings. The van der Waals surface area contributed by atoms with Crippen LogP contribution in [0.3, 0.4) is 0 Å². The fourth-order valence-corrected chi connectivity index (χ4v) is 5.27. The predicted octanol–water partition coefficient (Wildman–Crippen LogP) is 2.00. The number of hydrogen-bond donors (Lipinski definition) is 2.